The number of barbiturate groups is 1. The van der Waals surface area contributed by atoms with Crippen molar-refractivity contribution in [2.75, 3.05) is 18.1 Å². The maximum Gasteiger partial charge on any atom is 0.330 e. The van der Waals surface area contributed by atoms with Crippen LogP contribution in [0, 0.1) is 5.92 Å². The van der Waals surface area contributed by atoms with E-state index < -0.39 is 24.0 Å². The highest BCUT2D eigenvalue weighted by Gasteiger charge is 2.41. The van der Waals surface area contributed by atoms with Gasteiger partial charge in [-0.2, -0.15) is 11.8 Å². The molecular formula is C9H11FN2O3S. The number of hydrogen-bond donors (Lipinski definition) is 1. The zero-order valence-electron chi connectivity index (χ0n) is 8.44. The fourth-order valence-corrected chi connectivity index (χ4v) is 3.02. The minimum absolute atomic E-state index is 0.200. The average Bonchev–Trinajstić information content (AvgIpc) is 2.74. The van der Waals surface area contributed by atoms with Crippen LogP contribution < -0.4 is 5.32 Å². The Morgan fingerprint density at radius 1 is 1.44 bits per heavy atom. The second-order valence-electron chi connectivity index (χ2n) is 3.84. The molecule has 2 saturated heterocycles. The first kappa shape index (κ1) is 11.4. The van der Waals surface area contributed by atoms with E-state index in [1.807, 2.05) is 5.32 Å². The van der Waals surface area contributed by atoms with Crippen molar-refractivity contribution in [3.05, 3.63) is 0 Å². The molecule has 0 aromatic heterocycles. The molecule has 7 heteroatoms. The lowest BCUT2D eigenvalue weighted by Crippen LogP contribution is -2.60. The van der Waals surface area contributed by atoms with E-state index in [1.165, 1.54) is 0 Å². The van der Waals surface area contributed by atoms with Crippen molar-refractivity contribution in [2.45, 2.75) is 12.6 Å². The standard InChI is InChI=1S/C9H11FN2O3S/c10-6-7(13)11-9(15)12(8(6)14)3-5-1-2-16-4-5/h5-6H,1-4H2,(H,11,13,15). The lowest BCUT2D eigenvalue weighted by atomic mass is 10.1. The summed E-state index contributed by atoms with van der Waals surface area (Å²) in [6, 6.07) is -0.805. The number of carbonyl (C=O) groups excluding carboxylic acids is 3. The predicted molar refractivity (Wildman–Crippen MR) is 55.6 cm³/mol. The van der Waals surface area contributed by atoms with E-state index in [0.717, 1.165) is 22.8 Å². The number of nitrogens with zero attached hydrogens (tertiary/aromatic N) is 1. The number of carbonyl (C=O) groups is 3. The van der Waals surface area contributed by atoms with Crippen molar-refractivity contribution in [3.8, 4) is 0 Å². The molecule has 0 aromatic carbocycles. The fourth-order valence-electron chi connectivity index (χ4n) is 1.74. The van der Waals surface area contributed by atoms with E-state index >= 15 is 0 Å². The lowest BCUT2D eigenvalue weighted by molar-refractivity contribution is -0.144. The summed E-state index contributed by atoms with van der Waals surface area (Å²) in [6.07, 6.45) is -1.33. The molecule has 2 rings (SSSR count). The van der Waals surface area contributed by atoms with Crippen molar-refractivity contribution >= 4 is 29.6 Å². The first-order valence-electron chi connectivity index (χ1n) is 4.97. The van der Waals surface area contributed by atoms with Gasteiger partial charge in [-0.1, -0.05) is 0 Å². The molecule has 4 amide bonds. The van der Waals surface area contributed by atoms with Gasteiger partial charge < -0.3 is 0 Å². The molecule has 0 spiro atoms. The highest BCUT2D eigenvalue weighted by atomic mass is 32.2. The van der Waals surface area contributed by atoms with Crippen LogP contribution in [0.2, 0.25) is 0 Å². The molecule has 1 N–H and O–H groups in total. The van der Waals surface area contributed by atoms with E-state index in [0.29, 0.717) is 0 Å². The van der Waals surface area contributed by atoms with Gasteiger partial charge in [0.2, 0.25) is 0 Å². The molecule has 0 bridgehead atoms. The molecule has 2 fully saturated rings. The summed E-state index contributed by atoms with van der Waals surface area (Å²) < 4.78 is 13.1. The third-order valence-electron chi connectivity index (χ3n) is 2.65. The number of thioether (sulfide) groups is 1. The largest absolute Gasteiger partial charge is 0.330 e. The van der Waals surface area contributed by atoms with Gasteiger partial charge in [0.15, 0.2) is 0 Å². The SMILES string of the molecule is O=C1NC(=O)N(CC2CCSC2)C(=O)C1F. The van der Waals surface area contributed by atoms with Gasteiger partial charge in [-0.05, 0) is 23.8 Å². The summed E-state index contributed by atoms with van der Waals surface area (Å²) in [5.74, 6) is -0.133. The van der Waals surface area contributed by atoms with Gasteiger partial charge in [0.25, 0.3) is 18.0 Å². The second kappa shape index (κ2) is 4.40. The summed E-state index contributed by atoms with van der Waals surface area (Å²) in [5, 5.41) is 1.83. The van der Waals surface area contributed by atoms with Gasteiger partial charge in [0, 0.05) is 6.54 Å². The number of nitrogens with one attached hydrogen (secondary N) is 1. The molecule has 2 atom stereocenters. The number of halogens is 1. The zero-order valence-corrected chi connectivity index (χ0v) is 9.26. The van der Waals surface area contributed by atoms with Gasteiger partial charge in [0.05, 0.1) is 0 Å². The number of imide groups is 2. The van der Waals surface area contributed by atoms with Crippen LogP contribution in [-0.4, -0.2) is 47.0 Å². The van der Waals surface area contributed by atoms with Crippen molar-refractivity contribution in [3.63, 3.8) is 0 Å². The number of amides is 4. The van der Waals surface area contributed by atoms with Gasteiger partial charge in [-0.15, -0.1) is 0 Å². The van der Waals surface area contributed by atoms with Gasteiger partial charge in [0.1, 0.15) is 0 Å². The van der Waals surface area contributed by atoms with Crippen LogP contribution in [0.1, 0.15) is 6.42 Å². The minimum Gasteiger partial charge on any atom is -0.275 e. The Morgan fingerprint density at radius 2 is 2.19 bits per heavy atom. The van der Waals surface area contributed by atoms with Gasteiger partial charge in [-0.3, -0.25) is 19.8 Å². The summed E-state index contributed by atoms with van der Waals surface area (Å²) in [6.45, 7) is 0.200. The minimum atomic E-state index is -2.24. The smallest absolute Gasteiger partial charge is 0.275 e. The zero-order chi connectivity index (χ0) is 11.7. The van der Waals surface area contributed by atoms with Crippen molar-refractivity contribution in [1.29, 1.82) is 0 Å². The van der Waals surface area contributed by atoms with Gasteiger partial charge in [-0.25, -0.2) is 9.18 Å². The molecular weight excluding hydrogens is 235 g/mol. The lowest BCUT2D eigenvalue weighted by Gasteiger charge is -2.28. The summed E-state index contributed by atoms with van der Waals surface area (Å²) >= 11 is 1.74. The quantitative estimate of drug-likeness (QED) is 0.705. The molecule has 2 aliphatic rings. The van der Waals surface area contributed by atoms with Crippen LogP contribution in [0.5, 0.6) is 0 Å². The first-order valence-corrected chi connectivity index (χ1v) is 6.13. The Bertz CT molecular complexity index is 344. The van der Waals surface area contributed by atoms with Crippen LogP contribution in [0.15, 0.2) is 0 Å². The first-order chi connectivity index (χ1) is 7.59. The highest BCUT2D eigenvalue weighted by Crippen LogP contribution is 2.25. The molecule has 0 aliphatic carbocycles. The maximum atomic E-state index is 13.1. The topological polar surface area (TPSA) is 66.5 Å². The fraction of sp³-hybridized carbons (Fsp3) is 0.667. The molecule has 2 heterocycles. The average molecular weight is 246 g/mol. The monoisotopic (exact) mass is 246 g/mol. The molecule has 16 heavy (non-hydrogen) atoms. The Labute approximate surface area is 95.7 Å². The van der Waals surface area contributed by atoms with E-state index in [-0.39, 0.29) is 12.5 Å². The van der Waals surface area contributed by atoms with E-state index in [2.05, 4.69) is 0 Å². The molecule has 0 saturated carbocycles. The molecule has 5 nitrogen and oxygen atoms in total. The molecule has 2 aliphatic heterocycles. The number of alkyl halides is 1. The van der Waals surface area contributed by atoms with E-state index in [1.54, 1.807) is 11.8 Å². The third kappa shape index (κ3) is 2.04. The summed E-state index contributed by atoms with van der Waals surface area (Å²) in [5.41, 5.74) is 0. The van der Waals surface area contributed by atoms with Crippen molar-refractivity contribution in [1.82, 2.24) is 10.2 Å². The summed E-state index contributed by atoms with van der Waals surface area (Å²) in [7, 11) is 0. The number of hydrogen-bond acceptors (Lipinski definition) is 4. The number of rotatable bonds is 2. The number of urea groups is 1. The Kier molecular flexibility index (Phi) is 3.13. The van der Waals surface area contributed by atoms with Gasteiger partial charge >= 0.3 is 6.03 Å². The molecule has 88 valence electrons. The Balaban J connectivity index is 2.04. The molecule has 2 unspecified atom stereocenters. The second-order valence-corrected chi connectivity index (χ2v) is 4.99. The van der Waals surface area contributed by atoms with Crippen LogP contribution in [-0.2, 0) is 9.59 Å². The Hall–Kier alpha value is -1.11. The van der Waals surface area contributed by atoms with Crippen LogP contribution in [0.4, 0.5) is 9.18 Å². The van der Waals surface area contributed by atoms with E-state index in [4.69, 9.17) is 0 Å². The maximum absolute atomic E-state index is 13.1. The highest BCUT2D eigenvalue weighted by molar-refractivity contribution is 7.99. The van der Waals surface area contributed by atoms with E-state index in [9.17, 15) is 18.8 Å². The summed E-state index contributed by atoms with van der Waals surface area (Å²) in [4.78, 5) is 34.4. The van der Waals surface area contributed by atoms with Crippen molar-refractivity contribution < 1.29 is 18.8 Å². The Morgan fingerprint density at radius 3 is 2.81 bits per heavy atom. The van der Waals surface area contributed by atoms with Crippen LogP contribution in [0.25, 0.3) is 0 Å². The van der Waals surface area contributed by atoms with Crippen molar-refractivity contribution in [2.24, 2.45) is 5.92 Å². The normalized spacial score (nSPS) is 30.8. The van der Waals surface area contributed by atoms with Crippen LogP contribution in [0.3, 0.4) is 0 Å². The predicted octanol–water partition coefficient (Wildman–Crippen LogP) is 0.156. The molecule has 0 aromatic rings. The third-order valence-corrected chi connectivity index (χ3v) is 3.88. The van der Waals surface area contributed by atoms with Crippen LogP contribution >= 0.6 is 11.8 Å². The molecule has 0 radical (unpaired) electrons.